The summed E-state index contributed by atoms with van der Waals surface area (Å²) in [5.41, 5.74) is 5.25. The fourth-order valence-electron chi connectivity index (χ4n) is 3.54. The number of hydrogen-bond donors (Lipinski definition) is 0. The van der Waals surface area contributed by atoms with Crippen LogP contribution in [0.25, 0.3) is 0 Å². The van der Waals surface area contributed by atoms with Gasteiger partial charge in [0.1, 0.15) is 5.75 Å². The van der Waals surface area contributed by atoms with Crippen LogP contribution >= 0.6 is 0 Å². The summed E-state index contributed by atoms with van der Waals surface area (Å²) >= 11 is 0. The summed E-state index contributed by atoms with van der Waals surface area (Å²) in [6, 6.07) is 14.9. The van der Waals surface area contributed by atoms with Gasteiger partial charge in [-0.1, -0.05) is 30.3 Å². The van der Waals surface area contributed by atoms with Gasteiger partial charge in [0.25, 0.3) is 0 Å². The molecule has 0 saturated carbocycles. The molecule has 1 aliphatic heterocycles. The lowest BCUT2D eigenvalue weighted by atomic mass is 9.93. The second kappa shape index (κ2) is 8.75. The van der Waals surface area contributed by atoms with E-state index >= 15 is 0 Å². The number of fused-ring (bicyclic) bond motifs is 2. The summed E-state index contributed by atoms with van der Waals surface area (Å²) in [4.78, 5) is 14.1. The minimum Gasteiger partial charge on any atom is -0.497 e. The number of aryl methyl sites for hydroxylation is 1. The summed E-state index contributed by atoms with van der Waals surface area (Å²) in [6.45, 7) is 3.65. The molecule has 26 heavy (non-hydrogen) atoms. The highest BCUT2D eigenvalue weighted by Gasteiger charge is 2.17. The summed E-state index contributed by atoms with van der Waals surface area (Å²) in [6.07, 6.45) is 3.38. The van der Waals surface area contributed by atoms with Crippen LogP contribution < -0.4 is 4.74 Å². The van der Waals surface area contributed by atoms with E-state index in [1.165, 1.54) is 22.3 Å². The van der Waals surface area contributed by atoms with Gasteiger partial charge in [-0.3, -0.25) is 0 Å². The first kappa shape index (κ1) is 18.3. The lowest BCUT2D eigenvalue weighted by Crippen LogP contribution is -2.34. The van der Waals surface area contributed by atoms with E-state index in [1.54, 1.807) is 7.11 Å². The quantitative estimate of drug-likeness (QED) is 0.811. The van der Waals surface area contributed by atoms with E-state index in [0.717, 1.165) is 31.4 Å². The van der Waals surface area contributed by atoms with Crippen LogP contribution in [-0.4, -0.2) is 37.8 Å². The number of carbonyl (C=O) groups excluding carboxylic acids is 1. The zero-order chi connectivity index (χ0) is 18.4. The maximum absolute atomic E-state index is 12.3. The molecule has 4 nitrogen and oxygen atoms in total. The van der Waals surface area contributed by atoms with Crippen molar-refractivity contribution in [3.05, 3.63) is 64.7 Å². The van der Waals surface area contributed by atoms with Crippen molar-refractivity contribution >= 4 is 6.09 Å². The van der Waals surface area contributed by atoms with E-state index in [2.05, 4.69) is 36.4 Å². The fourth-order valence-corrected chi connectivity index (χ4v) is 3.54. The Morgan fingerprint density at radius 3 is 2.54 bits per heavy atom. The highest BCUT2D eigenvalue weighted by atomic mass is 16.6. The first-order valence-electron chi connectivity index (χ1n) is 9.35. The SMILES string of the molecule is CCOC(=O)N1CCCc2cc(OC)ccc2Cc2ccccc2CC1. The number of ether oxygens (including phenoxy) is 2. The molecule has 0 saturated heterocycles. The van der Waals surface area contributed by atoms with Crippen molar-refractivity contribution in [1.82, 2.24) is 4.90 Å². The number of benzene rings is 2. The van der Waals surface area contributed by atoms with Crippen LogP contribution in [0.3, 0.4) is 0 Å². The predicted octanol–water partition coefficient (Wildman–Crippen LogP) is 4.23. The van der Waals surface area contributed by atoms with Gasteiger partial charge in [0, 0.05) is 13.1 Å². The Morgan fingerprint density at radius 2 is 1.77 bits per heavy atom. The molecule has 0 spiro atoms. The Bertz CT molecular complexity index is 757. The predicted molar refractivity (Wildman–Crippen MR) is 103 cm³/mol. The molecule has 0 atom stereocenters. The normalized spacial score (nSPS) is 14.6. The summed E-state index contributed by atoms with van der Waals surface area (Å²) < 4.78 is 10.7. The molecule has 4 heteroatoms. The van der Waals surface area contributed by atoms with Crippen LogP contribution in [0.1, 0.15) is 35.6 Å². The molecule has 0 unspecified atom stereocenters. The minimum atomic E-state index is -0.213. The molecule has 1 amide bonds. The highest BCUT2D eigenvalue weighted by Crippen LogP contribution is 2.24. The van der Waals surface area contributed by atoms with Crippen LogP contribution in [0.2, 0.25) is 0 Å². The average molecular weight is 353 g/mol. The number of nitrogens with zero attached hydrogens (tertiary/aromatic N) is 1. The third-order valence-corrected chi connectivity index (χ3v) is 4.96. The van der Waals surface area contributed by atoms with Crippen LogP contribution in [0.5, 0.6) is 5.75 Å². The van der Waals surface area contributed by atoms with Crippen LogP contribution in [0.4, 0.5) is 4.79 Å². The Morgan fingerprint density at radius 1 is 1.00 bits per heavy atom. The number of rotatable bonds is 2. The zero-order valence-corrected chi connectivity index (χ0v) is 15.7. The average Bonchev–Trinajstić information content (AvgIpc) is 2.69. The summed E-state index contributed by atoms with van der Waals surface area (Å²) in [5, 5.41) is 0. The zero-order valence-electron chi connectivity index (χ0n) is 15.7. The van der Waals surface area contributed by atoms with Gasteiger partial charge in [-0.15, -0.1) is 0 Å². The van der Waals surface area contributed by atoms with Gasteiger partial charge in [-0.05, 0) is 67.0 Å². The van der Waals surface area contributed by atoms with E-state index in [1.807, 2.05) is 17.9 Å². The lowest BCUT2D eigenvalue weighted by molar-refractivity contribution is 0.107. The molecule has 0 aliphatic carbocycles. The fraction of sp³-hybridized carbons (Fsp3) is 0.409. The van der Waals surface area contributed by atoms with Crippen LogP contribution in [0, 0.1) is 0 Å². The van der Waals surface area contributed by atoms with Crippen molar-refractivity contribution in [2.45, 2.75) is 32.6 Å². The summed E-state index contributed by atoms with van der Waals surface area (Å²) in [5.74, 6) is 0.883. The monoisotopic (exact) mass is 353 g/mol. The molecule has 3 rings (SSSR count). The molecular formula is C22H27NO3. The molecule has 2 aromatic carbocycles. The largest absolute Gasteiger partial charge is 0.497 e. The molecule has 0 aromatic heterocycles. The van der Waals surface area contributed by atoms with E-state index in [9.17, 15) is 4.79 Å². The van der Waals surface area contributed by atoms with E-state index in [4.69, 9.17) is 9.47 Å². The standard InChI is InChI=1S/C22H27NO3/c1-3-26-22(24)23-13-6-9-19-16-21(25-2)11-10-20(19)15-18-8-5-4-7-17(18)12-14-23/h4-5,7-8,10-11,16H,3,6,9,12-15H2,1-2H3. The van der Waals surface area contributed by atoms with E-state index in [-0.39, 0.29) is 6.09 Å². The van der Waals surface area contributed by atoms with Crippen LogP contribution in [0.15, 0.2) is 42.5 Å². The van der Waals surface area contributed by atoms with Gasteiger partial charge >= 0.3 is 6.09 Å². The van der Waals surface area contributed by atoms with Gasteiger partial charge in [0.15, 0.2) is 0 Å². The van der Waals surface area contributed by atoms with Crippen molar-refractivity contribution in [1.29, 1.82) is 0 Å². The number of amides is 1. The number of carbonyl (C=O) groups is 1. The molecule has 1 heterocycles. The third-order valence-electron chi connectivity index (χ3n) is 4.96. The molecular weight excluding hydrogens is 326 g/mol. The smallest absolute Gasteiger partial charge is 0.409 e. The van der Waals surface area contributed by atoms with Crippen molar-refractivity contribution in [2.24, 2.45) is 0 Å². The second-order valence-electron chi connectivity index (χ2n) is 6.62. The van der Waals surface area contributed by atoms with Gasteiger partial charge in [0.2, 0.25) is 0 Å². The Labute approximate surface area is 155 Å². The van der Waals surface area contributed by atoms with Gasteiger partial charge < -0.3 is 14.4 Å². The minimum absolute atomic E-state index is 0.213. The summed E-state index contributed by atoms with van der Waals surface area (Å²) in [7, 11) is 1.70. The topological polar surface area (TPSA) is 38.8 Å². The molecule has 0 N–H and O–H groups in total. The Balaban J connectivity index is 1.93. The highest BCUT2D eigenvalue weighted by molar-refractivity contribution is 5.67. The van der Waals surface area contributed by atoms with Crippen LogP contribution in [-0.2, 0) is 24.0 Å². The molecule has 1 aliphatic rings. The van der Waals surface area contributed by atoms with Crippen molar-refractivity contribution in [3.8, 4) is 5.75 Å². The number of methoxy groups -OCH3 is 1. The molecule has 0 fully saturated rings. The first-order chi connectivity index (χ1) is 12.7. The lowest BCUT2D eigenvalue weighted by Gasteiger charge is -2.22. The molecule has 0 bridgehead atoms. The maximum Gasteiger partial charge on any atom is 0.409 e. The van der Waals surface area contributed by atoms with Crippen molar-refractivity contribution in [2.75, 3.05) is 26.8 Å². The van der Waals surface area contributed by atoms with Crippen molar-refractivity contribution in [3.63, 3.8) is 0 Å². The van der Waals surface area contributed by atoms with E-state index in [0.29, 0.717) is 19.7 Å². The maximum atomic E-state index is 12.3. The van der Waals surface area contributed by atoms with Gasteiger partial charge in [-0.25, -0.2) is 4.79 Å². The van der Waals surface area contributed by atoms with Gasteiger partial charge in [-0.2, -0.15) is 0 Å². The van der Waals surface area contributed by atoms with Gasteiger partial charge in [0.05, 0.1) is 13.7 Å². The Hall–Kier alpha value is -2.49. The molecule has 2 aromatic rings. The van der Waals surface area contributed by atoms with E-state index < -0.39 is 0 Å². The molecule has 138 valence electrons. The van der Waals surface area contributed by atoms with Crippen molar-refractivity contribution < 1.29 is 14.3 Å². The first-order valence-corrected chi connectivity index (χ1v) is 9.35. The molecule has 0 radical (unpaired) electrons. The Kier molecular flexibility index (Phi) is 6.16. The third kappa shape index (κ3) is 4.37. The second-order valence-corrected chi connectivity index (χ2v) is 6.62. The number of hydrogen-bond acceptors (Lipinski definition) is 3.